The van der Waals surface area contributed by atoms with E-state index in [4.69, 9.17) is 0 Å². The Hall–Kier alpha value is -0.550. The van der Waals surface area contributed by atoms with E-state index in [1.54, 1.807) is 0 Å². The third-order valence-electron chi connectivity index (χ3n) is 5.84. The molecule has 108 valence electrons. The van der Waals surface area contributed by atoms with Crippen molar-refractivity contribution in [3.63, 3.8) is 0 Å². The molecule has 2 unspecified atom stereocenters. The number of rotatable bonds is 1. The first-order valence-corrected chi connectivity index (χ1v) is 7.97. The smallest absolute Gasteiger partial charge is 0.0860 e. The largest absolute Gasteiger partial charge is 0.388 e. The van der Waals surface area contributed by atoms with Crippen molar-refractivity contribution >= 4 is 0 Å². The van der Waals surface area contributed by atoms with Crippen LogP contribution in [0.3, 0.4) is 0 Å². The molecule has 0 heterocycles. The summed E-state index contributed by atoms with van der Waals surface area (Å²) in [6.07, 6.45) is 9.02. The first-order valence-electron chi connectivity index (χ1n) is 7.97. The maximum atomic E-state index is 11.2. The van der Waals surface area contributed by atoms with E-state index in [0.29, 0.717) is 11.3 Å². The standard InChI is InChI=1S/C17H29NO/c1-15(2,3)14-7-6-11-17(19,12-8-14)16(13-18)9-4-5-10-16/h14,19H,4-12H2,1-3H3. The van der Waals surface area contributed by atoms with Crippen molar-refractivity contribution in [2.24, 2.45) is 16.7 Å². The van der Waals surface area contributed by atoms with Crippen molar-refractivity contribution in [1.82, 2.24) is 0 Å². The molecule has 0 aromatic heterocycles. The molecule has 0 aromatic carbocycles. The molecule has 0 amide bonds. The van der Waals surface area contributed by atoms with Crippen LogP contribution in [-0.2, 0) is 0 Å². The quantitative estimate of drug-likeness (QED) is 0.711. The van der Waals surface area contributed by atoms with Crippen molar-refractivity contribution < 1.29 is 5.11 Å². The second kappa shape index (κ2) is 5.09. The molecule has 2 nitrogen and oxygen atoms in total. The molecule has 0 radical (unpaired) electrons. The Labute approximate surface area is 118 Å². The highest BCUT2D eigenvalue weighted by Gasteiger charge is 2.52. The van der Waals surface area contributed by atoms with Gasteiger partial charge in [0.15, 0.2) is 0 Å². The minimum Gasteiger partial charge on any atom is -0.388 e. The van der Waals surface area contributed by atoms with Crippen molar-refractivity contribution in [3.05, 3.63) is 0 Å². The summed E-state index contributed by atoms with van der Waals surface area (Å²) in [6.45, 7) is 6.91. The van der Waals surface area contributed by atoms with Crippen LogP contribution >= 0.6 is 0 Å². The lowest BCUT2D eigenvalue weighted by Crippen LogP contribution is -2.45. The van der Waals surface area contributed by atoms with Crippen molar-refractivity contribution in [1.29, 1.82) is 5.26 Å². The molecule has 2 rings (SSSR count). The Morgan fingerprint density at radius 3 is 2.16 bits per heavy atom. The molecular weight excluding hydrogens is 234 g/mol. The molecule has 2 aliphatic carbocycles. The van der Waals surface area contributed by atoms with E-state index in [-0.39, 0.29) is 0 Å². The van der Waals surface area contributed by atoms with E-state index in [2.05, 4.69) is 26.8 Å². The average Bonchev–Trinajstić information content (AvgIpc) is 2.73. The van der Waals surface area contributed by atoms with Crippen LogP contribution in [0.4, 0.5) is 0 Å². The van der Waals surface area contributed by atoms with Gasteiger partial charge in [0, 0.05) is 0 Å². The molecule has 2 saturated carbocycles. The Morgan fingerprint density at radius 1 is 1.00 bits per heavy atom. The van der Waals surface area contributed by atoms with Crippen LogP contribution in [0.25, 0.3) is 0 Å². The molecule has 19 heavy (non-hydrogen) atoms. The number of hydrogen-bond acceptors (Lipinski definition) is 2. The normalized spacial score (nSPS) is 35.6. The number of nitriles is 1. The van der Waals surface area contributed by atoms with Crippen LogP contribution in [-0.4, -0.2) is 10.7 Å². The van der Waals surface area contributed by atoms with Gasteiger partial charge >= 0.3 is 0 Å². The Balaban J connectivity index is 2.15. The summed E-state index contributed by atoms with van der Waals surface area (Å²) in [5.74, 6) is 0.679. The van der Waals surface area contributed by atoms with Gasteiger partial charge in [-0.2, -0.15) is 5.26 Å². The summed E-state index contributed by atoms with van der Waals surface area (Å²) in [7, 11) is 0. The summed E-state index contributed by atoms with van der Waals surface area (Å²) in [6, 6.07) is 2.52. The fourth-order valence-corrected chi connectivity index (χ4v) is 4.33. The molecule has 0 aromatic rings. The van der Waals surface area contributed by atoms with Crippen LogP contribution < -0.4 is 0 Å². The molecule has 1 N–H and O–H groups in total. The van der Waals surface area contributed by atoms with Gasteiger partial charge in [-0.3, -0.25) is 0 Å². The van der Waals surface area contributed by atoms with Gasteiger partial charge in [0.1, 0.15) is 0 Å². The molecule has 2 fully saturated rings. The molecular formula is C17H29NO. The lowest BCUT2D eigenvalue weighted by molar-refractivity contribution is -0.0663. The molecule has 0 bridgehead atoms. The van der Waals surface area contributed by atoms with E-state index in [9.17, 15) is 10.4 Å². The van der Waals surface area contributed by atoms with Gasteiger partial charge in [-0.1, -0.05) is 40.0 Å². The Kier molecular flexibility index (Phi) is 3.98. The first kappa shape index (κ1) is 14.9. The Morgan fingerprint density at radius 2 is 1.63 bits per heavy atom. The van der Waals surface area contributed by atoms with Crippen LogP contribution in [0, 0.1) is 28.1 Å². The monoisotopic (exact) mass is 263 g/mol. The second-order valence-corrected chi connectivity index (χ2v) is 7.93. The molecule has 0 saturated heterocycles. The predicted octanol–water partition coefficient (Wildman–Crippen LogP) is 4.43. The number of nitrogens with zero attached hydrogens (tertiary/aromatic N) is 1. The summed E-state index contributed by atoms with van der Waals surface area (Å²) < 4.78 is 0. The topological polar surface area (TPSA) is 44.0 Å². The first-order chi connectivity index (χ1) is 8.83. The highest BCUT2D eigenvalue weighted by Crippen LogP contribution is 2.53. The fraction of sp³-hybridized carbons (Fsp3) is 0.941. The van der Waals surface area contributed by atoms with E-state index in [1.165, 1.54) is 6.42 Å². The maximum absolute atomic E-state index is 11.2. The highest BCUT2D eigenvalue weighted by atomic mass is 16.3. The van der Waals surface area contributed by atoms with E-state index in [1.807, 2.05) is 0 Å². The van der Waals surface area contributed by atoms with Crippen LogP contribution in [0.2, 0.25) is 0 Å². The summed E-state index contributed by atoms with van der Waals surface area (Å²) in [4.78, 5) is 0. The lowest BCUT2D eigenvalue weighted by atomic mass is 9.67. The van der Waals surface area contributed by atoms with Gasteiger partial charge in [-0.25, -0.2) is 0 Å². The molecule has 2 aliphatic rings. The van der Waals surface area contributed by atoms with Crippen molar-refractivity contribution in [2.45, 2.75) is 84.2 Å². The minimum absolute atomic E-state index is 0.320. The van der Waals surface area contributed by atoms with Crippen molar-refractivity contribution in [2.75, 3.05) is 0 Å². The van der Waals surface area contributed by atoms with E-state index in [0.717, 1.165) is 51.4 Å². The second-order valence-electron chi connectivity index (χ2n) is 7.93. The molecule has 2 heteroatoms. The summed E-state index contributed by atoms with van der Waals surface area (Å²) in [5.41, 5.74) is -0.848. The fourth-order valence-electron chi connectivity index (χ4n) is 4.33. The third-order valence-corrected chi connectivity index (χ3v) is 5.84. The van der Waals surface area contributed by atoms with E-state index < -0.39 is 11.0 Å². The van der Waals surface area contributed by atoms with Crippen LogP contribution in [0.1, 0.15) is 78.6 Å². The van der Waals surface area contributed by atoms with Gasteiger partial charge in [0.25, 0.3) is 0 Å². The lowest BCUT2D eigenvalue weighted by Gasteiger charge is -2.40. The summed E-state index contributed by atoms with van der Waals surface area (Å²) in [5, 5.41) is 20.8. The maximum Gasteiger partial charge on any atom is 0.0860 e. The number of aliphatic hydroxyl groups is 1. The van der Waals surface area contributed by atoms with Crippen molar-refractivity contribution in [3.8, 4) is 6.07 Å². The Bertz CT molecular complexity index is 356. The SMILES string of the molecule is CC(C)(C)C1CCCC(O)(C2(C#N)CCCC2)CC1. The summed E-state index contributed by atoms with van der Waals surface area (Å²) >= 11 is 0. The molecule has 2 atom stereocenters. The number of hydrogen-bond donors (Lipinski definition) is 1. The zero-order chi connectivity index (χ0) is 14.1. The van der Waals surface area contributed by atoms with Gasteiger partial charge in [0.05, 0.1) is 17.1 Å². The van der Waals surface area contributed by atoms with Crippen LogP contribution in [0.5, 0.6) is 0 Å². The highest BCUT2D eigenvalue weighted by molar-refractivity contribution is 5.14. The molecule has 0 aliphatic heterocycles. The van der Waals surface area contributed by atoms with Gasteiger partial charge in [-0.05, 0) is 49.9 Å². The predicted molar refractivity (Wildman–Crippen MR) is 77.5 cm³/mol. The third kappa shape index (κ3) is 2.68. The van der Waals surface area contributed by atoms with Crippen LogP contribution in [0.15, 0.2) is 0 Å². The zero-order valence-corrected chi connectivity index (χ0v) is 12.8. The minimum atomic E-state index is -0.724. The van der Waals surface area contributed by atoms with Gasteiger partial charge < -0.3 is 5.11 Å². The average molecular weight is 263 g/mol. The van der Waals surface area contributed by atoms with Gasteiger partial charge in [-0.15, -0.1) is 0 Å². The van der Waals surface area contributed by atoms with E-state index >= 15 is 0 Å². The van der Waals surface area contributed by atoms with Gasteiger partial charge in [0.2, 0.25) is 0 Å². The molecule has 0 spiro atoms. The zero-order valence-electron chi connectivity index (χ0n) is 12.8.